The number of carbonyl (C=O) groups is 1. The van der Waals surface area contributed by atoms with Gasteiger partial charge in [-0.3, -0.25) is 4.79 Å². The molecule has 23 heavy (non-hydrogen) atoms. The van der Waals surface area contributed by atoms with Crippen LogP contribution in [0, 0.1) is 0 Å². The van der Waals surface area contributed by atoms with Gasteiger partial charge in [0.1, 0.15) is 0 Å². The molecule has 0 saturated carbocycles. The highest BCUT2D eigenvalue weighted by Gasteiger charge is 2.21. The molecule has 1 amide bonds. The van der Waals surface area contributed by atoms with Crippen LogP contribution in [0.25, 0.3) is 0 Å². The van der Waals surface area contributed by atoms with Crippen LogP contribution < -0.4 is 5.32 Å². The van der Waals surface area contributed by atoms with E-state index in [0.717, 1.165) is 23.3 Å². The second-order valence-corrected chi connectivity index (χ2v) is 7.06. The van der Waals surface area contributed by atoms with E-state index in [4.69, 9.17) is 11.6 Å². The van der Waals surface area contributed by atoms with E-state index in [-0.39, 0.29) is 17.2 Å². The number of hydrogen-bond donors (Lipinski definition) is 1. The van der Waals surface area contributed by atoms with E-state index in [9.17, 15) is 4.79 Å². The number of amides is 1. The first-order valence-corrected chi connectivity index (χ1v) is 9.17. The van der Waals surface area contributed by atoms with E-state index >= 15 is 0 Å². The van der Waals surface area contributed by atoms with Crippen LogP contribution in [0.4, 0.5) is 0 Å². The molecule has 0 aliphatic rings. The predicted molar refractivity (Wildman–Crippen MR) is 99.0 cm³/mol. The molecule has 1 N–H and O–H groups in total. The van der Waals surface area contributed by atoms with Gasteiger partial charge in [0, 0.05) is 9.92 Å². The lowest BCUT2D eigenvalue weighted by Gasteiger charge is -2.21. The highest BCUT2D eigenvalue weighted by Crippen LogP contribution is 2.27. The Labute approximate surface area is 147 Å². The van der Waals surface area contributed by atoms with Crippen molar-refractivity contribution in [1.82, 2.24) is 5.32 Å². The fourth-order valence-corrected chi connectivity index (χ4v) is 3.46. The standard InChI is InChI=1S/C19H22ClNOS/c1-3-17(14-8-6-5-7-9-14)21-19(22)18(4-2)23-16-12-10-15(20)11-13-16/h5-13,17-18H,3-4H2,1-2H3,(H,21,22). The van der Waals surface area contributed by atoms with Gasteiger partial charge in [-0.2, -0.15) is 0 Å². The van der Waals surface area contributed by atoms with Crippen molar-refractivity contribution in [3.8, 4) is 0 Å². The minimum atomic E-state index is -0.103. The molecule has 0 bridgehead atoms. The van der Waals surface area contributed by atoms with Gasteiger partial charge in [0.25, 0.3) is 0 Å². The second kappa shape index (κ2) is 8.99. The predicted octanol–water partition coefficient (Wildman–Crippen LogP) is 5.48. The van der Waals surface area contributed by atoms with Gasteiger partial charge in [-0.25, -0.2) is 0 Å². The Balaban J connectivity index is 2.02. The van der Waals surface area contributed by atoms with Crippen molar-refractivity contribution in [2.75, 3.05) is 0 Å². The Bertz CT molecular complexity index is 615. The zero-order valence-corrected chi connectivity index (χ0v) is 15.0. The van der Waals surface area contributed by atoms with Gasteiger partial charge < -0.3 is 5.32 Å². The van der Waals surface area contributed by atoms with Crippen molar-refractivity contribution >= 4 is 29.3 Å². The molecule has 122 valence electrons. The van der Waals surface area contributed by atoms with Crippen molar-refractivity contribution in [3.63, 3.8) is 0 Å². The van der Waals surface area contributed by atoms with E-state index in [2.05, 4.69) is 24.4 Å². The smallest absolute Gasteiger partial charge is 0.233 e. The molecule has 2 atom stereocenters. The molecule has 2 aromatic rings. The van der Waals surface area contributed by atoms with Crippen LogP contribution in [-0.4, -0.2) is 11.2 Å². The Morgan fingerprint density at radius 2 is 1.70 bits per heavy atom. The maximum Gasteiger partial charge on any atom is 0.233 e. The summed E-state index contributed by atoms with van der Waals surface area (Å²) in [6.07, 6.45) is 1.65. The molecule has 0 fully saturated rings. The fraction of sp³-hybridized carbons (Fsp3) is 0.316. The Hall–Kier alpha value is -1.45. The minimum absolute atomic E-state index is 0.0589. The van der Waals surface area contributed by atoms with E-state index in [1.807, 2.05) is 49.4 Å². The number of rotatable bonds is 7. The van der Waals surface area contributed by atoms with Gasteiger partial charge >= 0.3 is 0 Å². The summed E-state index contributed by atoms with van der Waals surface area (Å²) in [5.41, 5.74) is 1.15. The highest BCUT2D eigenvalue weighted by molar-refractivity contribution is 8.00. The summed E-state index contributed by atoms with van der Waals surface area (Å²) >= 11 is 7.49. The van der Waals surface area contributed by atoms with E-state index < -0.39 is 0 Å². The molecule has 0 spiro atoms. The van der Waals surface area contributed by atoms with Crippen LogP contribution in [0.2, 0.25) is 5.02 Å². The van der Waals surface area contributed by atoms with E-state index in [1.54, 1.807) is 11.8 Å². The van der Waals surface area contributed by atoms with Crippen molar-refractivity contribution in [3.05, 3.63) is 65.2 Å². The summed E-state index contributed by atoms with van der Waals surface area (Å²) in [4.78, 5) is 13.7. The maximum atomic E-state index is 12.6. The lowest BCUT2D eigenvalue weighted by molar-refractivity contribution is -0.121. The normalized spacial score (nSPS) is 13.3. The zero-order chi connectivity index (χ0) is 16.7. The molecule has 0 saturated heterocycles. The van der Waals surface area contributed by atoms with Crippen molar-refractivity contribution in [2.45, 2.75) is 42.9 Å². The summed E-state index contributed by atoms with van der Waals surface area (Å²) in [6, 6.07) is 17.8. The van der Waals surface area contributed by atoms with Crippen molar-refractivity contribution in [1.29, 1.82) is 0 Å². The molecule has 2 rings (SSSR count). The maximum absolute atomic E-state index is 12.6. The van der Waals surface area contributed by atoms with Gasteiger partial charge in [-0.05, 0) is 42.7 Å². The summed E-state index contributed by atoms with van der Waals surface area (Å²) in [7, 11) is 0. The van der Waals surface area contributed by atoms with Crippen LogP contribution in [0.3, 0.4) is 0 Å². The molecule has 2 unspecified atom stereocenters. The number of thioether (sulfide) groups is 1. The molecular weight excluding hydrogens is 326 g/mol. The van der Waals surface area contributed by atoms with Crippen molar-refractivity contribution in [2.24, 2.45) is 0 Å². The molecule has 4 heteroatoms. The summed E-state index contributed by atoms with van der Waals surface area (Å²) in [6.45, 7) is 4.13. The topological polar surface area (TPSA) is 29.1 Å². The summed E-state index contributed by atoms with van der Waals surface area (Å²) < 4.78 is 0. The first kappa shape index (κ1) is 17.9. The Kier molecular flexibility index (Phi) is 7.00. The third-order valence-electron chi connectivity index (χ3n) is 3.68. The average molecular weight is 348 g/mol. The van der Waals surface area contributed by atoms with Gasteiger partial charge in [0.2, 0.25) is 5.91 Å². The number of hydrogen-bond acceptors (Lipinski definition) is 2. The van der Waals surface area contributed by atoms with Gasteiger partial charge in [-0.1, -0.05) is 55.8 Å². The average Bonchev–Trinajstić information content (AvgIpc) is 2.59. The minimum Gasteiger partial charge on any atom is -0.348 e. The van der Waals surface area contributed by atoms with Crippen LogP contribution in [-0.2, 0) is 4.79 Å². The van der Waals surface area contributed by atoms with E-state index in [1.165, 1.54) is 0 Å². The highest BCUT2D eigenvalue weighted by atomic mass is 35.5. The molecule has 2 nitrogen and oxygen atoms in total. The number of halogens is 1. The fourth-order valence-electron chi connectivity index (χ4n) is 2.37. The quantitative estimate of drug-likeness (QED) is 0.672. The first-order valence-electron chi connectivity index (χ1n) is 7.91. The van der Waals surface area contributed by atoms with Crippen LogP contribution in [0.15, 0.2) is 59.5 Å². The molecule has 2 aromatic carbocycles. The number of nitrogens with one attached hydrogen (secondary N) is 1. The molecule has 0 radical (unpaired) electrons. The molecule has 0 aliphatic carbocycles. The zero-order valence-electron chi connectivity index (χ0n) is 13.5. The molecule has 0 heterocycles. The summed E-state index contributed by atoms with van der Waals surface area (Å²) in [5.74, 6) is 0.0863. The Morgan fingerprint density at radius 1 is 1.04 bits per heavy atom. The van der Waals surface area contributed by atoms with Crippen LogP contribution in [0.5, 0.6) is 0 Å². The SMILES string of the molecule is CCC(Sc1ccc(Cl)cc1)C(=O)NC(CC)c1ccccc1. The summed E-state index contributed by atoms with van der Waals surface area (Å²) in [5, 5.41) is 3.79. The first-order chi connectivity index (χ1) is 11.1. The molecule has 0 aliphatic heterocycles. The largest absolute Gasteiger partial charge is 0.348 e. The molecule has 0 aromatic heterocycles. The van der Waals surface area contributed by atoms with Gasteiger partial charge in [-0.15, -0.1) is 11.8 Å². The number of carbonyl (C=O) groups excluding carboxylic acids is 1. The second-order valence-electron chi connectivity index (χ2n) is 5.35. The Morgan fingerprint density at radius 3 is 2.26 bits per heavy atom. The lowest BCUT2D eigenvalue weighted by Crippen LogP contribution is -2.35. The van der Waals surface area contributed by atoms with Gasteiger partial charge in [0.15, 0.2) is 0 Å². The van der Waals surface area contributed by atoms with Crippen LogP contribution >= 0.6 is 23.4 Å². The van der Waals surface area contributed by atoms with Crippen molar-refractivity contribution < 1.29 is 4.79 Å². The van der Waals surface area contributed by atoms with Gasteiger partial charge in [0.05, 0.1) is 11.3 Å². The van der Waals surface area contributed by atoms with Crippen LogP contribution in [0.1, 0.15) is 38.3 Å². The number of benzene rings is 2. The molecular formula is C19H22ClNOS. The monoisotopic (exact) mass is 347 g/mol. The third-order valence-corrected chi connectivity index (χ3v) is 5.31. The lowest BCUT2D eigenvalue weighted by atomic mass is 10.0. The third kappa shape index (κ3) is 5.29. The van der Waals surface area contributed by atoms with E-state index in [0.29, 0.717) is 5.02 Å².